The largest absolute Gasteiger partial charge is 0.365 e. The molecule has 0 bridgehead atoms. The summed E-state index contributed by atoms with van der Waals surface area (Å²) >= 11 is 0. The van der Waals surface area contributed by atoms with Crippen LogP contribution in [-0.2, 0) is 13.1 Å². The van der Waals surface area contributed by atoms with E-state index in [1.54, 1.807) is 0 Å². The molecule has 0 aliphatic heterocycles. The van der Waals surface area contributed by atoms with Crippen LogP contribution in [0.3, 0.4) is 0 Å². The molecule has 2 aromatic carbocycles. The molecule has 0 aliphatic rings. The Hall–Kier alpha value is -1.80. The average Bonchev–Trinajstić information content (AvgIpc) is 2.46. The van der Waals surface area contributed by atoms with Crippen LogP contribution in [0.5, 0.6) is 0 Å². The van der Waals surface area contributed by atoms with Crippen LogP contribution in [-0.4, -0.2) is 6.04 Å². The van der Waals surface area contributed by atoms with Gasteiger partial charge in [-0.05, 0) is 38.0 Å². The number of rotatable bonds is 5. The summed E-state index contributed by atoms with van der Waals surface area (Å²) in [5.74, 6) is 0. The van der Waals surface area contributed by atoms with Gasteiger partial charge in [0.25, 0.3) is 0 Å². The second-order valence-electron chi connectivity index (χ2n) is 5.54. The molecule has 0 atom stereocenters. The van der Waals surface area contributed by atoms with Gasteiger partial charge in [-0.15, -0.1) is 0 Å². The van der Waals surface area contributed by atoms with Gasteiger partial charge >= 0.3 is 0 Å². The van der Waals surface area contributed by atoms with Gasteiger partial charge in [-0.1, -0.05) is 48.0 Å². The summed E-state index contributed by atoms with van der Waals surface area (Å²) in [5.41, 5.74) is 11.0. The van der Waals surface area contributed by atoms with Gasteiger partial charge in [0.15, 0.2) is 0 Å². The van der Waals surface area contributed by atoms with Crippen molar-refractivity contribution in [2.24, 2.45) is 5.73 Å². The molecule has 0 fully saturated rings. The summed E-state index contributed by atoms with van der Waals surface area (Å²) in [5, 5.41) is 0. The Morgan fingerprint density at radius 1 is 1.05 bits per heavy atom. The number of anilines is 1. The van der Waals surface area contributed by atoms with Gasteiger partial charge in [-0.3, -0.25) is 0 Å². The number of benzene rings is 2. The fourth-order valence-corrected chi connectivity index (χ4v) is 2.48. The lowest BCUT2D eigenvalue weighted by Crippen LogP contribution is -2.31. The van der Waals surface area contributed by atoms with Gasteiger partial charge in [0.1, 0.15) is 0 Å². The summed E-state index contributed by atoms with van der Waals surface area (Å²) in [7, 11) is 0. The lowest BCUT2D eigenvalue weighted by atomic mass is 10.1. The van der Waals surface area contributed by atoms with Crippen molar-refractivity contribution in [2.75, 3.05) is 4.90 Å². The number of nitrogens with two attached hydrogens (primary N) is 1. The molecule has 2 aromatic rings. The zero-order chi connectivity index (χ0) is 14.5. The molecular formula is C18H24N2. The Labute approximate surface area is 122 Å². The molecule has 2 rings (SSSR count). The highest BCUT2D eigenvalue weighted by Gasteiger charge is 2.14. The van der Waals surface area contributed by atoms with E-state index in [1.165, 1.54) is 22.4 Å². The smallest absolute Gasteiger partial charge is 0.0432 e. The average molecular weight is 268 g/mol. The number of aryl methyl sites for hydroxylation is 1. The molecule has 0 heterocycles. The van der Waals surface area contributed by atoms with Crippen LogP contribution in [0.15, 0.2) is 48.5 Å². The van der Waals surface area contributed by atoms with Crippen molar-refractivity contribution in [1.82, 2.24) is 0 Å². The van der Waals surface area contributed by atoms with Crippen molar-refractivity contribution < 1.29 is 0 Å². The minimum absolute atomic E-state index is 0.434. The maximum atomic E-state index is 5.92. The van der Waals surface area contributed by atoms with Crippen molar-refractivity contribution >= 4 is 5.69 Å². The molecule has 20 heavy (non-hydrogen) atoms. The van der Waals surface area contributed by atoms with Gasteiger partial charge in [0.2, 0.25) is 0 Å². The zero-order valence-corrected chi connectivity index (χ0v) is 12.6. The second-order valence-corrected chi connectivity index (χ2v) is 5.54. The Bertz CT molecular complexity index is 547. The normalized spacial score (nSPS) is 10.8. The van der Waals surface area contributed by atoms with Crippen LogP contribution in [0.1, 0.15) is 30.5 Å². The summed E-state index contributed by atoms with van der Waals surface area (Å²) < 4.78 is 0. The molecule has 0 aromatic heterocycles. The SMILES string of the molecule is Cc1ccc(N(Cc2ccccc2)C(C)C)c(CN)c1. The predicted octanol–water partition coefficient (Wildman–Crippen LogP) is 3.87. The van der Waals surface area contributed by atoms with Crippen LogP contribution >= 0.6 is 0 Å². The lowest BCUT2D eigenvalue weighted by molar-refractivity contribution is 0.678. The maximum absolute atomic E-state index is 5.92. The van der Waals surface area contributed by atoms with E-state index in [1.807, 2.05) is 0 Å². The molecule has 2 nitrogen and oxygen atoms in total. The Morgan fingerprint density at radius 2 is 1.75 bits per heavy atom. The third kappa shape index (κ3) is 3.40. The highest BCUT2D eigenvalue weighted by molar-refractivity contribution is 5.56. The van der Waals surface area contributed by atoms with Crippen molar-refractivity contribution in [3.63, 3.8) is 0 Å². The summed E-state index contributed by atoms with van der Waals surface area (Å²) in [6.07, 6.45) is 0. The van der Waals surface area contributed by atoms with Gasteiger partial charge in [0, 0.05) is 24.8 Å². The van der Waals surface area contributed by atoms with Crippen molar-refractivity contribution in [3.05, 3.63) is 65.2 Å². The molecule has 2 heteroatoms. The molecule has 0 amide bonds. The summed E-state index contributed by atoms with van der Waals surface area (Å²) in [4.78, 5) is 2.41. The summed E-state index contributed by atoms with van der Waals surface area (Å²) in [6.45, 7) is 8.05. The number of hydrogen-bond donors (Lipinski definition) is 1. The predicted molar refractivity (Wildman–Crippen MR) is 86.8 cm³/mol. The fraction of sp³-hybridized carbons (Fsp3) is 0.333. The quantitative estimate of drug-likeness (QED) is 0.892. The van der Waals surface area contributed by atoms with Gasteiger partial charge in [-0.25, -0.2) is 0 Å². The van der Waals surface area contributed by atoms with Crippen molar-refractivity contribution in [3.8, 4) is 0 Å². The van der Waals surface area contributed by atoms with Gasteiger partial charge in [0.05, 0.1) is 0 Å². The second kappa shape index (κ2) is 6.58. The topological polar surface area (TPSA) is 29.3 Å². The first kappa shape index (κ1) is 14.6. The van der Waals surface area contributed by atoms with Crippen LogP contribution in [0.4, 0.5) is 5.69 Å². The summed E-state index contributed by atoms with van der Waals surface area (Å²) in [6, 6.07) is 17.6. The molecule has 0 unspecified atom stereocenters. The van der Waals surface area contributed by atoms with Crippen LogP contribution in [0, 0.1) is 6.92 Å². The molecule has 106 valence electrons. The monoisotopic (exact) mass is 268 g/mol. The van der Waals surface area contributed by atoms with Crippen LogP contribution in [0.25, 0.3) is 0 Å². The first-order valence-corrected chi connectivity index (χ1v) is 7.22. The highest BCUT2D eigenvalue weighted by Crippen LogP contribution is 2.25. The van der Waals surface area contributed by atoms with E-state index in [4.69, 9.17) is 5.73 Å². The Kier molecular flexibility index (Phi) is 4.80. The lowest BCUT2D eigenvalue weighted by Gasteiger charge is -2.31. The Balaban J connectivity index is 2.34. The van der Waals surface area contributed by atoms with Crippen LogP contribution < -0.4 is 10.6 Å². The first-order chi connectivity index (χ1) is 9.61. The van der Waals surface area contributed by atoms with E-state index < -0.39 is 0 Å². The minimum Gasteiger partial charge on any atom is -0.365 e. The maximum Gasteiger partial charge on any atom is 0.0432 e. The van der Waals surface area contributed by atoms with Crippen LogP contribution in [0.2, 0.25) is 0 Å². The highest BCUT2D eigenvalue weighted by atomic mass is 15.2. The van der Waals surface area contributed by atoms with Gasteiger partial charge in [-0.2, -0.15) is 0 Å². The van der Waals surface area contributed by atoms with E-state index in [0.717, 1.165) is 6.54 Å². The molecule has 0 aliphatic carbocycles. The van der Waals surface area contributed by atoms with Gasteiger partial charge < -0.3 is 10.6 Å². The van der Waals surface area contributed by atoms with Crippen molar-refractivity contribution in [1.29, 1.82) is 0 Å². The van der Waals surface area contributed by atoms with E-state index in [0.29, 0.717) is 12.6 Å². The van der Waals surface area contributed by atoms with E-state index >= 15 is 0 Å². The molecular weight excluding hydrogens is 244 g/mol. The van der Waals surface area contributed by atoms with E-state index in [9.17, 15) is 0 Å². The van der Waals surface area contributed by atoms with E-state index in [-0.39, 0.29) is 0 Å². The minimum atomic E-state index is 0.434. The molecule has 0 saturated carbocycles. The van der Waals surface area contributed by atoms with Crippen molar-refractivity contribution in [2.45, 2.75) is 39.9 Å². The number of nitrogens with zero attached hydrogens (tertiary/aromatic N) is 1. The third-order valence-electron chi connectivity index (χ3n) is 3.58. The standard InChI is InChI=1S/C18H24N2/c1-14(2)20(13-16-7-5-4-6-8-16)18-10-9-15(3)11-17(18)12-19/h4-11,14H,12-13,19H2,1-3H3. The zero-order valence-electron chi connectivity index (χ0n) is 12.6. The fourth-order valence-electron chi connectivity index (χ4n) is 2.48. The Morgan fingerprint density at radius 3 is 2.35 bits per heavy atom. The number of hydrogen-bond acceptors (Lipinski definition) is 2. The molecule has 0 saturated heterocycles. The van der Waals surface area contributed by atoms with E-state index in [2.05, 4.69) is 74.2 Å². The molecule has 2 N–H and O–H groups in total. The first-order valence-electron chi connectivity index (χ1n) is 7.22. The third-order valence-corrected chi connectivity index (χ3v) is 3.58. The molecule has 0 radical (unpaired) electrons. The molecule has 0 spiro atoms.